The first-order chi connectivity index (χ1) is 10.8. The van der Waals surface area contributed by atoms with E-state index in [1.807, 2.05) is 30.0 Å². The van der Waals surface area contributed by atoms with Crippen LogP contribution in [-0.4, -0.2) is 38.0 Å². The predicted molar refractivity (Wildman–Crippen MR) is 105 cm³/mol. The van der Waals surface area contributed by atoms with Gasteiger partial charge in [0.2, 0.25) is 5.91 Å². The average molecular weight is 426 g/mol. The molecule has 1 aromatic rings. The maximum absolute atomic E-state index is 12.5. The summed E-state index contributed by atoms with van der Waals surface area (Å²) in [5.41, 5.74) is 2.24. The van der Waals surface area contributed by atoms with E-state index in [-0.39, 0.29) is 36.4 Å². The summed E-state index contributed by atoms with van der Waals surface area (Å²) < 4.78 is 0. The molecule has 1 amide bonds. The Kier molecular flexibility index (Phi) is 8.48. The molecule has 1 aliphatic rings. The van der Waals surface area contributed by atoms with E-state index in [1.54, 1.807) is 0 Å². The summed E-state index contributed by atoms with van der Waals surface area (Å²) in [5, 5.41) is 6.05. The topological polar surface area (TPSA) is 56.7 Å². The van der Waals surface area contributed by atoms with Crippen LogP contribution in [0, 0.1) is 12.3 Å². The van der Waals surface area contributed by atoms with Crippen LogP contribution in [0.15, 0.2) is 29.3 Å². The summed E-state index contributed by atoms with van der Waals surface area (Å²) in [6, 6.07) is 8.05. The van der Waals surface area contributed by atoms with Crippen LogP contribution in [0.1, 0.15) is 18.9 Å². The highest BCUT2D eigenvalue weighted by molar-refractivity contribution is 14.0. The molecule has 2 rings (SSSR count). The van der Waals surface area contributed by atoms with Gasteiger partial charge in [-0.3, -0.25) is 4.79 Å². The second kappa shape index (κ2) is 10.1. The number of carbonyl (C=O) groups excluding carboxylic acids is 1. The fraction of sp³-hybridized carbons (Fsp3) is 0.412. The van der Waals surface area contributed by atoms with Crippen LogP contribution in [-0.2, 0) is 11.2 Å². The molecule has 0 bridgehead atoms. The molecule has 0 spiro atoms. The number of aliphatic imine (C=N–C) groups is 1. The lowest BCUT2D eigenvalue weighted by Crippen LogP contribution is -2.40. The zero-order valence-corrected chi connectivity index (χ0v) is 15.7. The smallest absolute Gasteiger partial charge is 0.248 e. The number of guanidine groups is 1. The van der Waals surface area contributed by atoms with Crippen molar-refractivity contribution < 1.29 is 4.79 Å². The van der Waals surface area contributed by atoms with Crippen molar-refractivity contribution in [3.63, 3.8) is 0 Å². The predicted octanol–water partition coefficient (Wildman–Crippen LogP) is 1.77. The first-order valence-corrected chi connectivity index (χ1v) is 7.60. The van der Waals surface area contributed by atoms with Gasteiger partial charge in [0.1, 0.15) is 6.54 Å². The van der Waals surface area contributed by atoms with Crippen molar-refractivity contribution in [3.8, 4) is 12.3 Å². The summed E-state index contributed by atoms with van der Waals surface area (Å²) in [6.07, 6.45) is 7.24. The molecule has 2 N–H and O–H groups in total. The fourth-order valence-corrected chi connectivity index (χ4v) is 2.50. The maximum Gasteiger partial charge on any atom is 0.248 e. The molecule has 5 nitrogen and oxygen atoms in total. The van der Waals surface area contributed by atoms with E-state index in [9.17, 15) is 4.79 Å². The highest BCUT2D eigenvalue weighted by Crippen LogP contribution is 2.26. The van der Waals surface area contributed by atoms with Gasteiger partial charge in [0.25, 0.3) is 0 Å². The number of para-hydroxylation sites is 1. The van der Waals surface area contributed by atoms with Crippen molar-refractivity contribution in [2.45, 2.75) is 19.8 Å². The molecular formula is C17H23IN4O. The Hall–Kier alpha value is -1.75. The number of hydrogen-bond donors (Lipinski definition) is 2. The lowest BCUT2D eigenvalue weighted by molar-refractivity contribution is -0.117. The summed E-state index contributed by atoms with van der Waals surface area (Å²) in [5.74, 6) is 3.07. The van der Waals surface area contributed by atoms with Crippen LogP contribution < -0.4 is 15.5 Å². The summed E-state index contributed by atoms with van der Waals surface area (Å²) in [7, 11) is 0. The second-order valence-corrected chi connectivity index (χ2v) is 5.03. The Balaban J connectivity index is 0.00000264. The quantitative estimate of drug-likeness (QED) is 0.334. The van der Waals surface area contributed by atoms with Crippen molar-refractivity contribution >= 4 is 41.5 Å². The number of rotatable bonds is 4. The van der Waals surface area contributed by atoms with Gasteiger partial charge in [-0.25, -0.2) is 4.99 Å². The van der Waals surface area contributed by atoms with E-state index in [2.05, 4.69) is 27.6 Å². The minimum Gasteiger partial charge on any atom is -0.357 e. The third kappa shape index (κ3) is 5.43. The summed E-state index contributed by atoms with van der Waals surface area (Å²) in [4.78, 5) is 18.6. The standard InChI is InChI=1S/C17H22N4O.HI/c1-3-11-19-17(18-4-2)20-13-16(22)21-12-7-9-14-8-5-6-10-15(14)21;/h1,5-6,8,10H,4,7,9,11-13H2,2H3,(H2,18,19,20);1H. The van der Waals surface area contributed by atoms with E-state index >= 15 is 0 Å². The number of fused-ring (bicyclic) bond motifs is 1. The van der Waals surface area contributed by atoms with Crippen LogP contribution in [0.5, 0.6) is 0 Å². The third-order valence-electron chi connectivity index (χ3n) is 3.49. The fourth-order valence-electron chi connectivity index (χ4n) is 2.50. The molecule has 1 aromatic carbocycles. The van der Waals surface area contributed by atoms with Gasteiger partial charge in [-0.15, -0.1) is 30.4 Å². The van der Waals surface area contributed by atoms with Crippen molar-refractivity contribution in [2.24, 2.45) is 4.99 Å². The zero-order chi connectivity index (χ0) is 15.8. The lowest BCUT2D eigenvalue weighted by atomic mass is 10.0. The number of benzene rings is 1. The maximum atomic E-state index is 12.5. The van der Waals surface area contributed by atoms with Crippen LogP contribution >= 0.6 is 24.0 Å². The molecule has 0 radical (unpaired) electrons. The highest BCUT2D eigenvalue weighted by Gasteiger charge is 2.21. The molecule has 1 heterocycles. The van der Waals surface area contributed by atoms with E-state index in [0.717, 1.165) is 31.6 Å². The van der Waals surface area contributed by atoms with E-state index < -0.39 is 0 Å². The van der Waals surface area contributed by atoms with Gasteiger partial charge in [0.15, 0.2) is 5.96 Å². The van der Waals surface area contributed by atoms with E-state index in [1.165, 1.54) is 5.56 Å². The van der Waals surface area contributed by atoms with Gasteiger partial charge in [0, 0.05) is 18.8 Å². The Morgan fingerprint density at radius 1 is 1.39 bits per heavy atom. The number of halogens is 1. The van der Waals surface area contributed by atoms with Crippen molar-refractivity contribution in [3.05, 3.63) is 29.8 Å². The molecule has 23 heavy (non-hydrogen) atoms. The van der Waals surface area contributed by atoms with Crippen LogP contribution in [0.25, 0.3) is 0 Å². The SMILES string of the molecule is C#CCNC(=NCC(=O)N1CCCc2ccccc21)NCC.I. The molecule has 0 saturated heterocycles. The number of anilines is 1. The van der Waals surface area contributed by atoms with Crippen LogP contribution in [0.3, 0.4) is 0 Å². The van der Waals surface area contributed by atoms with Gasteiger partial charge < -0.3 is 15.5 Å². The normalized spacial score (nSPS) is 13.4. The minimum absolute atomic E-state index is 0. The molecule has 0 fully saturated rings. The number of amides is 1. The van der Waals surface area contributed by atoms with Crippen molar-refractivity contribution in [1.82, 2.24) is 10.6 Å². The van der Waals surface area contributed by atoms with E-state index in [4.69, 9.17) is 6.42 Å². The van der Waals surface area contributed by atoms with Gasteiger partial charge >= 0.3 is 0 Å². The molecule has 0 saturated carbocycles. The molecule has 0 aliphatic carbocycles. The molecule has 124 valence electrons. The number of aryl methyl sites for hydroxylation is 1. The summed E-state index contributed by atoms with van der Waals surface area (Å²) >= 11 is 0. The number of carbonyl (C=O) groups is 1. The molecule has 6 heteroatoms. The summed E-state index contributed by atoms with van der Waals surface area (Å²) in [6.45, 7) is 3.92. The third-order valence-corrected chi connectivity index (χ3v) is 3.49. The van der Waals surface area contributed by atoms with E-state index in [0.29, 0.717) is 12.5 Å². The monoisotopic (exact) mass is 426 g/mol. The van der Waals surface area contributed by atoms with Gasteiger partial charge in [-0.1, -0.05) is 24.1 Å². The molecule has 0 aromatic heterocycles. The number of hydrogen-bond acceptors (Lipinski definition) is 2. The first-order valence-electron chi connectivity index (χ1n) is 7.60. The van der Waals surface area contributed by atoms with Gasteiger partial charge in [-0.2, -0.15) is 0 Å². The highest BCUT2D eigenvalue weighted by atomic mass is 127. The number of nitrogens with zero attached hydrogens (tertiary/aromatic N) is 2. The average Bonchev–Trinajstić information content (AvgIpc) is 2.56. The first kappa shape index (κ1) is 19.3. The number of nitrogens with one attached hydrogen (secondary N) is 2. The molecule has 0 unspecified atom stereocenters. The Morgan fingerprint density at radius 2 is 2.17 bits per heavy atom. The van der Waals surface area contributed by atoms with Crippen molar-refractivity contribution in [2.75, 3.05) is 31.1 Å². The Labute approximate surface area is 154 Å². The Morgan fingerprint density at radius 3 is 2.91 bits per heavy atom. The van der Waals surface area contributed by atoms with Gasteiger partial charge in [-0.05, 0) is 31.4 Å². The van der Waals surface area contributed by atoms with Crippen LogP contribution in [0.4, 0.5) is 5.69 Å². The lowest BCUT2D eigenvalue weighted by Gasteiger charge is -2.29. The molecule has 0 atom stereocenters. The van der Waals surface area contributed by atoms with Crippen LogP contribution in [0.2, 0.25) is 0 Å². The largest absolute Gasteiger partial charge is 0.357 e. The number of terminal acetylenes is 1. The van der Waals surface area contributed by atoms with Gasteiger partial charge in [0.05, 0.1) is 6.54 Å². The molecular weight excluding hydrogens is 403 g/mol. The van der Waals surface area contributed by atoms with Crippen molar-refractivity contribution in [1.29, 1.82) is 0 Å². The Bertz CT molecular complexity index is 595. The minimum atomic E-state index is 0. The zero-order valence-electron chi connectivity index (χ0n) is 13.3. The molecule has 1 aliphatic heterocycles. The second-order valence-electron chi connectivity index (χ2n) is 5.03.